The van der Waals surface area contributed by atoms with Crippen molar-refractivity contribution in [1.82, 2.24) is 5.32 Å². The highest BCUT2D eigenvalue weighted by molar-refractivity contribution is 7.26. The molecule has 1 N–H and O–H groups in total. The third-order valence-electron chi connectivity index (χ3n) is 16.9. The molecule has 0 amide bonds. The molecule has 2 fully saturated rings. The van der Waals surface area contributed by atoms with Gasteiger partial charge in [-0.3, -0.25) is 10.3 Å². The summed E-state index contributed by atoms with van der Waals surface area (Å²) in [5, 5.41) is 6.81. The second kappa shape index (κ2) is 15.6. The molecule has 9 aromatic rings. The predicted molar refractivity (Wildman–Crippen MR) is 281 cm³/mol. The normalized spacial score (nSPS) is 21.0. The second-order valence-electron chi connectivity index (χ2n) is 20.3. The fourth-order valence-electron chi connectivity index (χ4n) is 13.8. The number of fused-ring (bicyclic) bond motifs is 13. The Morgan fingerprint density at radius 1 is 0.433 bits per heavy atom. The topological polar surface area (TPSA) is 24.4 Å². The molecule has 8 aromatic carbocycles. The molecule has 67 heavy (non-hydrogen) atoms. The Balaban J connectivity index is 0.903. The zero-order valence-electron chi connectivity index (χ0n) is 38.0. The van der Waals surface area contributed by atoms with Crippen LogP contribution in [0.15, 0.2) is 187 Å². The molecule has 2 spiro atoms. The number of nitrogens with one attached hydrogen (secondary N) is 1. The van der Waals surface area contributed by atoms with Crippen molar-refractivity contribution in [3.05, 3.63) is 226 Å². The van der Waals surface area contributed by atoms with Crippen molar-refractivity contribution in [1.29, 1.82) is 0 Å². The maximum Gasteiger partial charge on any atom is 0.0962 e. The summed E-state index contributed by atoms with van der Waals surface area (Å²) in [6.07, 6.45) is 13.0. The van der Waals surface area contributed by atoms with Gasteiger partial charge in [-0.05, 0) is 134 Å². The van der Waals surface area contributed by atoms with Gasteiger partial charge in [-0.25, -0.2) is 0 Å². The summed E-state index contributed by atoms with van der Waals surface area (Å²) in [6, 6.07) is 69.1. The number of thiophene rings is 1. The minimum absolute atomic E-state index is 0.0182. The van der Waals surface area contributed by atoms with Crippen molar-refractivity contribution >= 4 is 37.2 Å². The fourth-order valence-corrected chi connectivity index (χ4v) is 15.1. The summed E-state index contributed by atoms with van der Waals surface area (Å²) >= 11 is 1.92. The van der Waals surface area contributed by atoms with E-state index in [9.17, 15) is 0 Å². The lowest BCUT2D eigenvalue weighted by Crippen LogP contribution is -2.40. The first-order valence-electron chi connectivity index (χ1n) is 25.1. The monoisotopic (exact) mass is 882 g/mol. The first kappa shape index (κ1) is 39.7. The smallest absolute Gasteiger partial charge is 0.0962 e. The van der Waals surface area contributed by atoms with Crippen molar-refractivity contribution in [2.24, 2.45) is 4.99 Å². The highest BCUT2D eigenvalue weighted by Gasteiger charge is 2.49. The van der Waals surface area contributed by atoms with Crippen molar-refractivity contribution in [2.75, 3.05) is 0 Å². The quantitative estimate of drug-likeness (QED) is 0.183. The standard InChI is InChI=1S/C64H54N2S/c1-6-19-41(20-7-1)58-59(42-21-8-2-9-22-42)66-61(60(65-58)43-23-10-3-11-24-43)48-27-18-26-47-52-38-45(30-32-57(52)67-62(47)48)44-29-31-54-49(37-44)51-40-55-50(39-56(51)64(54)35-16-5-17-36-64)46-25-12-13-28-53(46)63(55)33-14-4-15-34-63/h1-3,6-13,18-32,37-40,58,60-61,65H,4-5,14-17,33-36H2. The van der Waals surface area contributed by atoms with E-state index in [1.165, 1.54) is 134 Å². The third kappa shape index (κ3) is 6.07. The molecule has 0 bridgehead atoms. The summed E-state index contributed by atoms with van der Waals surface area (Å²) < 4.78 is 2.64. The number of hydrogen-bond donors (Lipinski definition) is 1. The van der Waals surface area contributed by atoms with E-state index in [0.29, 0.717) is 0 Å². The van der Waals surface area contributed by atoms with Crippen LogP contribution >= 0.6 is 11.3 Å². The van der Waals surface area contributed by atoms with Crippen LogP contribution in [0.25, 0.3) is 53.6 Å². The van der Waals surface area contributed by atoms with Crippen molar-refractivity contribution in [2.45, 2.75) is 93.2 Å². The largest absolute Gasteiger partial charge is 0.296 e. The van der Waals surface area contributed by atoms with Gasteiger partial charge < -0.3 is 0 Å². The Kier molecular flexibility index (Phi) is 9.25. The highest BCUT2D eigenvalue weighted by atomic mass is 32.1. The Morgan fingerprint density at radius 2 is 1.01 bits per heavy atom. The second-order valence-corrected chi connectivity index (χ2v) is 21.3. The average Bonchev–Trinajstić information content (AvgIpc) is 4.00. The lowest BCUT2D eigenvalue weighted by atomic mass is 9.66. The van der Waals surface area contributed by atoms with Crippen LogP contribution in [0.5, 0.6) is 0 Å². The van der Waals surface area contributed by atoms with E-state index in [1.807, 2.05) is 11.3 Å². The zero-order chi connectivity index (χ0) is 44.1. The predicted octanol–water partition coefficient (Wildman–Crippen LogP) is 16.8. The van der Waals surface area contributed by atoms with Gasteiger partial charge in [-0.15, -0.1) is 11.3 Å². The number of hydrogen-bond acceptors (Lipinski definition) is 3. The van der Waals surface area contributed by atoms with Crippen LogP contribution in [-0.2, 0) is 10.8 Å². The third-order valence-corrected chi connectivity index (χ3v) is 18.2. The summed E-state index contributed by atoms with van der Waals surface area (Å²) in [4.78, 5) is 5.83. The molecular formula is C64H54N2S. The summed E-state index contributed by atoms with van der Waals surface area (Å²) in [5.41, 5.74) is 21.3. The molecule has 2 heterocycles. The van der Waals surface area contributed by atoms with E-state index in [4.69, 9.17) is 4.99 Å². The van der Waals surface area contributed by atoms with E-state index in [0.717, 1.165) is 11.3 Å². The number of nitrogens with zero attached hydrogens (tertiary/aromatic N) is 1. The molecule has 3 heteroatoms. The Morgan fingerprint density at radius 3 is 1.73 bits per heavy atom. The summed E-state index contributed by atoms with van der Waals surface area (Å²) in [6.45, 7) is 0. The van der Waals surface area contributed by atoms with Crippen molar-refractivity contribution < 1.29 is 0 Å². The minimum Gasteiger partial charge on any atom is -0.296 e. The lowest BCUT2D eigenvalue weighted by Gasteiger charge is -2.37. The molecule has 2 nitrogen and oxygen atoms in total. The highest BCUT2D eigenvalue weighted by Crippen LogP contribution is 2.62. The van der Waals surface area contributed by atoms with E-state index in [-0.39, 0.29) is 29.0 Å². The van der Waals surface area contributed by atoms with Gasteiger partial charge in [-0.1, -0.05) is 190 Å². The van der Waals surface area contributed by atoms with Gasteiger partial charge in [0.05, 0.1) is 23.8 Å². The molecule has 3 atom stereocenters. The van der Waals surface area contributed by atoms with Gasteiger partial charge in [-0.2, -0.15) is 0 Å². The van der Waals surface area contributed by atoms with Gasteiger partial charge in [0.15, 0.2) is 0 Å². The molecule has 1 aliphatic heterocycles. The van der Waals surface area contributed by atoms with Gasteiger partial charge >= 0.3 is 0 Å². The van der Waals surface area contributed by atoms with E-state index in [1.54, 1.807) is 22.3 Å². The molecule has 5 aliphatic rings. The molecule has 14 rings (SSSR count). The number of rotatable bonds is 5. The van der Waals surface area contributed by atoms with Gasteiger partial charge in [0.25, 0.3) is 0 Å². The summed E-state index contributed by atoms with van der Waals surface area (Å²) in [7, 11) is 0. The minimum atomic E-state index is -0.125. The molecule has 3 unspecified atom stereocenters. The van der Waals surface area contributed by atoms with Gasteiger partial charge in [0, 0.05) is 31.0 Å². The van der Waals surface area contributed by atoms with Crippen molar-refractivity contribution in [3.8, 4) is 33.4 Å². The molecule has 0 radical (unpaired) electrons. The van der Waals surface area contributed by atoms with E-state index >= 15 is 0 Å². The Hall–Kier alpha value is -6.39. The molecule has 2 saturated carbocycles. The SMILES string of the molecule is c1ccc(C2=NC(c3cccc4c3sc3ccc(-c5ccc6c(c5)-c5cc7c(cc5C65CCCCC5)-c5ccccc5C75CCCCC5)cc34)C(c3ccccc3)NC2c2ccccc2)cc1. The molecule has 326 valence electrons. The fraction of sp³-hybridized carbons (Fsp3) is 0.234. The van der Waals surface area contributed by atoms with Gasteiger partial charge in [0.1, 0.15) is 0 Å². The van der Waals surface area contributed by atoms with E-state index in [2.05, 4.69) is 187 Å². The Labute approximate surface area is 398 Å². The summed E-state index contributed by atoms with van der Waals surface area (Å²) in [5.74, 6) is 0. The first-order valence-corrected chi connectivity index (χ1v) is 25.9. The molecule has 0 saturated heterocycles. The lowest BCUT2D eigenvalue weighted by molar-refractivity contribution is 0.350. The van der Waals surface area contributed by atoms with Crippen LogP contribution in [0, 0.1) is 0 Å². The van der Waals surface area contributed by atoms with Gasteiger partial charge in [0.2, 0.25) is 0 Å². The molecule has 4 aliphatic carbocycles. The van der Waals surface area contributed by atoms with Crippen LogP contribution in [0.1, 0.15) is 127 Å². The van der Waals surface area contributed by atoms with E-state index < -0.39 is 0 Å². The van der Waals surface area contributed by atoms with Crippen molar-refractivity contribution in [3.63, 3.8) is 0 Å². The Bertz CT molecular complexity index is 3410. The van der Waals surface area contributed by atoms with Crippen LogP contribution in [0.3, 0.4) is 0 Å². The molecular weight excluding hydrogens is 829 g/mol. The van der Waals surface area contributed by atoms with Crippen LogP contribution in [0.2, 0.25) is 0 Å². The maximum atomic E-state index is 5.83. The zero-order valence-corrected chi connectivity index (χ0v) is 38.8. The number of benzene rings is 8. The number of aliphatic imine (C=N–C) groups is 1. The maximum absolute atomic E-state index is 5.83. The van der Waals surface area contributed by atoms with Crippen LogP contribution < -0.4 is 5.32 Å². The molecule has 1 aromatic heterocycles. The first-order chi connectivity index (χ1) is 33.2. The average molecular weight is 883 g/mol. The van der Waals surface area contributed by atoms with Crippen LogP contribution in [-0.4, -0.2) is 5.71 Å². The van der Waals surface area contributed by atoms with Crippen LogP contribution in [0.4, 0.5) is 0 Å².